The Morgan fingerprint density at radius 3 is 2.37 bits per heavy atom. The summed E-state index contributed by atoms with van der Waals surface area (Å²) in [6, 6.07) is 4.22. The van der Waals surface area contributed by atoms with Crippen molar-refractivity contribution in [2.75, 3.05) is 26.7 Å². The zero-order chi connectivity index (χ0) is 26.3. The van der Waals surface area contributed by atoms with Crippen LogP contribution >= 0.6 is 0 Å². The van der Waals surface area contributed by atoms with E-state index in [4.69, 9.17) is 0 Å². The summed E-state index contributed by atoms with van der Waals surface area (Å²) in [5.74, 6) is -1.68. The smallest absolute Gasteiger partial charge is 0.351 e. The van der Waals surface area contributed by atoms with Crippen molar-refractivity contribution < 1.29 is 27.6 Å². The fourth-order valence-corrected chi connectivity index (χ4v) is 4.74. The molecule has 1 aromatic carbocycles. The molecule has 0 bridgehead atoms. The van der Waals surface area contributed by atoms with Crippen LogP contribution in [0.15, 0.2) is 24.3 Å². The third-order valence-corrected chi connectivity index (χ3v) is 6.70. The van der Waals surface area contributed by atoms with Crippen LogP contribution in [0.25, 0.3) is 0 Å². The molecule has 1 aromatic rings. The Morgan fingerprint density at radius 2 is 1.80 bits per heavy atom. The number of nitrogens with zero attached hydrogens (tertiary/aromatic N) is 2. The van der Waals surface area contributed by atoms with E-state index in [-0.39, 0.29) is 23.6 Å². The van der Waals surface area contributed by atoms with Gasteiger partial charge in [0.1, 0.15) is 0 Å². The Labute approximate surface area is 205 Å². The van der Waals surface area contributed by atoms with E-state index in [2.05, 4.69) is 36.3 Å². The van der Waals surface area contributed by atoms with Gasteiger partial charge in [0.2, 0.25) is 11.8 Å². The van der Waals surface area contributed by atoms with E-state index in [0.29, 0.717) is 25.4 Å². The number of halogens is 3. The van der Waals surface area contributed by atoms with Crippen LogP contribution in [0.1, 0.15) is 62.9 Å². The number of amides is 3. The second kappa shape index (κ2) is 12.4. The normalized spacial score (nSPS) is 20.6. The van der Waals surface area contributed by atoms with Gasteiger partial charge in [-0.1, -0.05) is 13.0 Å². The molecule has 196 valence electrons. The average molecular weight is 499 g/mol. The molecule has 35 heavy (non-hydrogen) atoms. The summed E-state index contributed by atoms with van der Waals surface area (Å²) in [5.41, 5.74) is -1.12. The minimum Gasteiger partial charge on any atom is -0.351 e. The highest BCUT2D eigenvalue weighted by Gasteiger charge is 2.39. The molecule has 2 rings (SSSR count). The maximum Gasteiger partial charge on any atom is 0.416 e. The quantitative estimate of drug-likeness (QED) is 0.548. The molecule has 3 atom stereocenters. The van der Waals surface area contributed by atoms with Crippen molar-refractivity contribution in [1.82, 2.24) is 20.4 Å². The van der Waals surface area contributed by atoms with Crippen molar-refractivity contribution >= 4 is 17.7 Å². The number of alkyl halides is 3. The lowest BCUT2D eigenvalue weighted by molar-refractivity contribution is -0.138. The molecular formula is C25H37F3N4O3. The highest BCUT2D eigenvalue weighted by molar-refractivity contribution is 5.96. The highest BCUT2D eigenvalue weighted by Crippen LogP contribution is 2.31. The largest absolute Gasteiger partial charge is 0.416 e. The molecule has 1 aliphatic carbocycles. The van der Waals surface area contributed by atoms with Gasteiger partial charge in [-0.25, -0.2) is 0 Å². The predicted octanol–water partition coefficient (Wildman–Crippen LogP) is 3.30. The van der Waals surface area contributed by atoms with Crippen LogP contribution in [0.2, 0.25) is 0 Å². The first-order chi connectivity index (χ1) is 16.4. The van der Waals surface area contributed by atoms with Crippen LogP contribution in [0.4, 0.5) is 13.2 Å². The molecule has 7 nitrogen and oxygen atoms in total. The third kappa shape index (κ3) is 7.68. The first kappa shape index (κ1) is 28.6. The Kier molecular flexibility index (Phi) is 10.1. The Balaban J connectivity index is 2.04. The summed E-state index contributed by atoms with van der Waals surface area (Å²) in [5, 5.41) is 5.25. The van der Waals surface area contributed by atoms with Gasteiger partial charge in [-0.05, 0) is 64.8 Å². The molecule has 0 aromatic heterocycles. The Morgan fingerprint density at radius 1 is 1.11 bits per heavy atom. The molecule has 10 heteroatoms. The molecular weight excluding hydrogens is 461 g/mol. The summed E-state index contributed by atoms with van der Waals surface area (Å²) in [7, 11) is 1.74. The Bertz CT molecular complexity index is 891. The van der Waals surface area contributed by atoms with Gasteiger partial charge in [-0.2, -0.15) is 13.2 Å². The lowest BCUT2D eigenvalue weighted by Gasteiger charge is -2.43. The molecule has 1 aliphatic rings. The molecule has 0 heterocycles. The van der Waals surface area contributed by atoms with Gasteiger partial charge < -0.3 is 15.5 Å². The van der Waals surface area contributed by atoms with Gasteiger partial charge in [0.05, 0.1) is 18.0 Å². The highest BCUT2D eigenvalue weighted by atomic mass is 19.4. The molecule has 0 aliphatic heterocycles. The molecule has 0 spiro atoms. The van der Waals surface area contributed by atoms with E-state index in [9.17, 15) is 27.6 Å². The number of hydrogen-bond acceptors (Lipinski definition) is 4. The molecule has 1 saturated carbocycles. The molecule has 0 unspecified atom stereocenters. The van der Waals surface area contributed by atoms with Crippen molar-refractivity contribution in [1.29, 1.82) is 0 Å². The fraction of sp³-hybridized carbons (Fsp3) is 0.640. The minimum atomic E-state index is -4.57. The second-order valence-corrected chi connectivity index (χ2v) is 9.29. The standard InChI is InChI=1S/C25H37F3N4O3/c1-6-31(5)24(35)20-14-19(32(7-2)16(3)4)11-12-21(20)30-22(33)15-29-23(34)17-9-8-10-18(13-17)25(26,27)28/h8-10,13,16,19-21H,6-7,11-12,14-15H2,1-5H3,(H,29,34)(H,30,33)/t19-,20+,21+/m1/s1. The SMILES string of the molecule is CCN(C)C(=O)[C@H]1C[C@H](N(CC)C(C)C)CC[C@@H]1NC(=O)CNC(=O)c1cccc(C(F)(F)F)c1. The van der Waals surface area contributed by atoms with Crippen LogP contribution in [0.3, 0.4) is 0 Å². The molecule has 0 radical (unpaired) electrons. The Hall–Kier alpha value is -2.62. The average Bonchev–Trinajstić information content (AvgIpc) is 2.82. The topological polar surface area (TPSA) is 81.8 Å². The van der Waals surface area contributed by atoms with Crippen molar-refractivity contribution in [2.24, 2.45) is 5.92 Å². The summed E-state index contributed by atoms with van der Waals surface area (Å²) in [4.78, 5) is 42.0. The van der Waals surface area contributed by atoms with E-state index in [0.717, 1.165) is 31.2 Å². The molecule has 2 N–H and O–H groups in total. The monoisotopic (exact) mass is 498 g/mol. The number of carbonyl (C=O) groups excluding carboxylic acids is 3. The van der Waals surface area contributed by atoms with Gasteiger partial charge in [0, 0.05) is 37.3 Å². The van der Waals surface area contributed by atoms with E-state index in [1.54, 1.807) is 11.9 Å². The fourth-order valence-electron chi connectivity index (χ4n) is 4.74. The number of carbonyl (C=O) groups is 3. The van der Waals surface area contributed by atoms with Crippen molar-refractivity contribution in [2.45, 2.75) is 71.3 Å². The number of hydrogen-bond donors (Lipinski definition) is 2. The molecule has 0 saturated heterocycles. The van der Waals surface area contributed by atoms with Gasteiger partial charge in [0.15, 0.2) is 0 Å². The first-order valence-corrected chi connectivity index (χ1v) is 12.1. The minimum absolute atomic E-state index is 0.0321. The number of nitrogens with one attached hydrogen (secondary N) is 2. The van der Waals surface area contributed by atoms with Crippen LogP contribution < -0.4 is 10.6 Å². The van der Waals surface area contributed by atoms with Crippen LogP contribution in [-0.4, -0.2) is 72.3 Å². The van der Waals surface area contributed by atoms with E-state index < -0.39 is 36.0 Å². The lowest BCUT2D eigenvalue weighted by atomic mass is 9.79. The van der Waals surface area contributed by atoms with E-state index in [1.165, 1.54) is 6.07 Å². The predicted molar refractivity (Wildman–Crippen MR) is 128 cm³/mol. The molecule has 1 fully saturated rings. The number of rotatable bonds is 9. The van der Waals surface area contributed by atoms with Crippen LogP contribution in [-0.2, 0) is 15.8 Å². The second-order valence-electron chi connectivity index (χ2n) is 9.29. The summed E-state index contributed by atoms with van der Waals surface area (Å²) < 4.78 is 38.7. The third-order valence-electron chi connectivity index (χ3n) is 6.70. The van der Waals surface area contributed by atoms with Gasteiger partial charge in [-0.15, -0.1) is 0 Å². The lowest BCUT2D eigenvalue weighted by Crippen LogP contribution is -2.55. The summed E-state index contributed by atoms with van der Waals surface area (Å²) >= 11 is 0. The summed E-state index contributed by atoms with van der Waals surface area (Å²) in [6.45, 7) is 9.25. The number of benzene rings is 1. The maximum absolute atomic E-state index is 13.1. The van der Waals surface area contributed by atoms with Gasteiger partial charge in [0.25, 0.3) is 5.91 Å². The summed E-state index contributed by atoms with van der Waals surface area (Å²) in [6.07, 6.45) is -2.50. The molecule has 3 amide bonds. The van der Waals surface area contributed by atoms with Gasteiger partial charge in [-0.3, -0.25) is 19.3 Å². The van der Waals surface area contributed by atoms with Crippen molar-refractivity contribution in [3.05, 3.63) is 35.4 Å². The van der Waals surface area contributed by atoms with Crippen LogP contribution in [0.5, 0.6) is 0 Å². The van der Waals surface area contributed by atoms with E-state index >= 15 is 0 Å². The zero-order valence-electron chi connectivity index (χ0n) is 21.1. The van der Waals surface area contributed by atoms with Crippen LogP contribution in [0, 0.1) is 5.92 Å². The van der Waals surface area contributed by atoms with Crippen molar-refractivity contribution in [3.63, 3.8) is 0 Å². The first-order valence-electron chi connectivity index (χ1n) is 12.1. The zero-order valence-corrected chi connectivity index (χ0v) is 21.1. The van der Waals surface area contributed by atoms with Gasteiger partial charge >= 0.3 is 6.18 Å². The van der Waals surface area contributed by atoms with E-state index in [1.807, 2.05) is 6.92 Å². The van der Waals surface area contributed by atoms with Crippen molar-refractivity contribution in [3.8, 4) is 0 Å². The maximum atomic E-state index is 13.1.